The molecule has 5 nitrogen and oxygen atoms in total. The van der Waals surface area contributed by atoms with Gasteiger partial charge in [0, 0.05) is 37.7 Å². The average molecular weight is 413 g/mol. The second-order valence-corrected chi connectivity index (χ2v) is 9.36. The Bertz CT molecular complexity index is 750. The van der Waals surface area contributed by atoms with Crippen molar-refractivity contribution in [3.63, 3.8) is 0 Å². The predicted octanol–water partition coefficient (Wildman–Crippen LogP) is 3.72. The first-order valence-corrected chi connectivity index (χ1v) is 11.3. The van der Waals surface area contributed by atoms with Crippen LogP contribution in [0.25, 0.3) is 0 Å². The molecule has 0 spiro atoms. The molecule has 0 amide bonds. The number of hydrogen-bond donors (Lipinski definition) is 1. The monoisotopic (exact) mass is 412 g/mol. The molecular weight excluding hydrogens is 376 g/mol. The van der Waals surface area contributed by atoms with Gasteiger partial charge in [0.05, 0.1) is 6.61 Å². The molecule has 4 rings (SSSR count). The summed E-state index contributed by atoms with van der Waals surface area (Å²) < 4.78 is 18.3. The molecule has 1 aromatic rings. The Balaban J connectivity index is 1.48. The fraction of sp³-hybridized carbons (Fsp3) is 0.600. The lowest BCUT2D eigenvalue weighted by molar-refractivity contribution is -0.104. The first-order valence-electron chi connectivity index (χ1n) is 11.3. The van der Waals surface area contributed by atoms with Gasteiger partial charge in [-0.05, 0) is 24.8 Å². The molecule has 2 fully saturated rings. The number of nitrogens with one attached hydrogen (secondary N) is 1. The second-order valence-electron chi connectivity index (χ2n) is 9.36. The summed E-state index contributed by atoms with van der Waals surface area (Å²) in [7, 11) is 0. The molecule has 1 aliphatic carbocycles. The molecule has 4 atom stereocenters. The lowest BCUT2D eigenvalue weighted by atomic mass is 9.79. The Morgan fingerprint density at radius 3 is 2.87 bits per heavy atom. The summed E-state index contributed by atoms with van der Waals surface area (Å²) in [6.45, 7) is 11.1. The van der Waals surface area contributed by atoms with Crippen molar-refractivity contribution in [2.24, 2.45) is 11.8 Å². The van der Waals surface area contributed by atoms with Crippen molar-refractivity contribution in [2.75, 3.05) is 33.1 Å². The molecule has 0 bridgehead atoms. The van der Waals surface area contributed by atoms with Crippen molar-refractivity contribution < 1.29 is 14.2 Å². The van der Waals surface area contributed by atoms with E-state index >= 15 is 0 Å². The van der Waals surface area contributed by atoms with Gasteiger partial charge in [-0.15, -0.1) is 0 Å². The minimum Gasteiger partial charge on any atom is -0.380 e. The Hall–Kier alpha value is -1.50. The number of likely N-dealkylation sites (tertiary alicyclic amines) is 1. The van der Waals surface area contributed by atoms with Crippen molar-refractivity contribution in [3.8, 4) is 0 Å². The van der Waals surface area contributed by atoms with Gasteiger partial charge >= 0.3 is 0 Å². The molecular formula is C25H36N2O3. The van der Waals surface area contributed by atoms with Crippen LogP contribution in [0.1, 0.15) is 32.8 Å². The highest BCUT2D eigenvalue weighted by molar-refractivity contribution is 5.25. The molecule has 164 valence electrons. The quantitative estimate of drug-likeness (QED) is 0.705. The van der Waals surface area contributed by atoms with E-state index in [-0.39, 0.29) is 11.6 Å². The summed E-state index contributed by atoms with van der Waals surface area (Å²) >= 11 is 0. The van der Waals surface area contributed by atoms with Crippen molar-refractivity contribution in [2.45, 2.75) is 51.1 Å². The molecule has 2 heterocycles. The second kappa shape index (κ2) is 9.33. The number of nitrogens with zero attached hydrogens (tertiary/aromatic N) is 1. The summed E-state index contributed by atoms with van der Waals surface area (Å²) in [5, 5.41) is 3.71. The number of ether oxygens (including phenoxy) is 3. The van der Waals surface area contributed by atoms with E-state index in [0.29, 0.717) is 18.6 Å². The average Bonchev–Trinajstić information content (AvgIpc) is 3.18. The summed E-state index contributed by atoms with van der Waals surface area (Å²) in [4.78, 5) is 2.56. The van der Waals surface area contributed by atoms with Crippen molar-refractivity contribution in [3.05, 3.63) is 60.2 Å². The van der Waals surface area contributed by atoms with E-state index in [2.05, 4.69) is 79.6 Å². The van der Waals surface area contributed by atoms with E-state index in [0.717, 1.165) is 39.3 Å². The van der Waals surface area contributed by atoms with Crippen LogP contribution in [0.5, 0.6) is 0 Å². The van der Waals surface area contributed by atoms with E-state index in [4.69, 9.17) is 14.2 Å². The molecule has 3 aliphatic rings. The zero-order valence-corrected chi connectivity index (χ0v) is 18.5. The van der Waals surface area contributed by atoms with Gasteiger partial charge in [0.15, 0.2) is 5.72 Å². The maximum atomic E-state index is 6.23. The normalized spacial score (nSPS) is 33.9. The highest BCUT2D eigenvalue weighted by atomic mass is 16.7. The molecule has 5 heteroatoms. The summed E-state index contributed by atoms with van der Waals surface area (Å²) in [6, 6.07) is 10.5. The number of hydrogen-bond acceptors (Lipinski definition) is 5. The van der Waals surface area contributed by atoms with Gasteiger partial charge < -0.3 is 14.2 Å². The fourth-order valence-electron chi connectivity index (χ4n) is 4.79. The summed E-state index contributed by atoms with van der Waals surface area (Å²) in [6.07, 6.45) is 9.98. The maximum Gasteiger partial charge on any atom is 0.161 e. The first-order chi connectivity index (χ1) is 14.5. The Morgan fingerprint density at radius 1 is 1.23 bits per heavy atom. The molecule has 0 radical (unpaired) electrons. The van der Waals surface area contributed by atoms with E-state index in [1.54, 1.807) is 0 Å². The summed E-state index contributed by atoms with van der Waals surface area (Å²) in [5.41, 5.74) is 0.671. The van der Waals surface area contributed by atoms with E-state index in [9.17, 15) is 0 Å². The third-order valence-electron chi connectivity index (χ3n) is 6.70. The van der Waals surface area contributed by atoms with Crippen LogP contribution in [-0.4, -0.2) is 55.4 Å². The van der Waals surface area contributed by atoms with Gasteiger partial charge in [0.25, 0.3) is 0 Å². The van der Waals surface area contributed by atoms with Crippen LogP contribution >= 0.6 is 0 Å². The third-order valence-corrected chi connectivity index (χ3v) is 6.70. The molecule has 0 aromatic heterocycles. The molecule has 30 heavy (non-hydrogen) atoms. The maximum absolute atomic E-state index is 6.23. The standard InChI is InChI=1S/C25H36N2O3/c1-20(2)16-28-17-22-11-7-8-13-24(22,3)27-14-12-23-25(18-27,30-19-29-23)26-15-21-9-5-4-6-10-21/h4-11,13,20,22-23,26H,12,14-19H2,1-3H3. The van der Waals surface area contributed by atoms with E-state index in [1.807, 2.05) is 6.07 Å². The zero-order valence-electron chi connectivity index (χ0n) is 18.5. The van der Waals surface area contributed by atoms with Crippen LogP contribution in [-0.2, 0) is 20.8 Å². The van der Waals surface area contributed by atoms with Crippen molar-refractivity contribution >= 4 is 0 Å². The van der Waals surface area contributed by atoms with Crippen LogP contribution < -0.4 is 5.32 Å². The van der Waals surface area contributed by atoms with Gasteiger partial charge in [0.1, 0.15) is 12.9 Å². The summed E-state index contributed by atoms with van der Waals surface area (Å²) in [5.74, 6) is 0.857. The smallest absolute Gasteiger partial charge is 0.161 e. The molecule has 2 saturated heterocycles. The van der Waals surface area contributed by atoms with Crippen molar-refractivity contribution in [1.82, 2.24) is 10.2 Å². The van der Waals surface area contributed by atoms with E-state index in [1.165, 1.54) is 5.56 Å². The van der Waals surface area contributed by atoms with Gasteiger partial charge in [-0.3, -0.25) is 10.2 Å². The highest BCUT2D eigenvalue weighted by Gasteiger charge is 2.53. The molecule has 0 saturated carbocycles. The van der Waals surface area contributed by atoms with Gasteiger partial charge in [0.2, 0.25) is 0 Å². The highest BCUT2D eigenvalue weighted by Crippen LogP contribution is 2.39. The van der Waals surface area contributed by atoms with Gasteiger partial charge in [-0.25, -0.2) is 0 Å². The molecule has 1 N–H and O–H groups in total. The molecule has 1 aromatic carbocycles. The van der Waals surface area contributed by atoms with E-state index < -0.39 is 5.72 Å². The van der Waals surface area contributed by atoms with Crippen LogP contribution in [0.15, 0.2) is 54.6 Å². The Labute approximate surface area is 181 Å². The molecule has 4 unspecified atom stereocenters. The molecule has 2 aliphatic heterocycles. The predicted molar refractivity (Wildman–Crippen MR) is 119 cm³/mol. The van der Waals surface area contributed by atoms with Crippen molar-refractivity contribution in [1.29, 1.82) is 0 Å². The Kier molecular flexibility index (Phi) is 6.75. The minimum absolute atomic E-state index is 0.0832. The topological polar surface area (TPSA) is 43.0 Å². The van der Waals surface area contributed by atoms with Crippen LogP contribution in [0.4, 0.5) is 0 Å². The number of piperidine rings is 1. The third kappa shape index (κ3) is 4.56. The SMILES string of the molecule is CC(C)COCC1C=CC=CC1(C)N1CCC2OCOC2(NCc2ccccc2)C1. The van der Waals surface area contributed by atoms with Gasteiger partial charge in [-0.1, -0.05) is 68.5 Å². The zero-order chi connectivity index (χ0) is 21.0. The van der Waals surface area contributed by atoms with Crippen LogP contribution in [0.2, 0.25) is 0 Å². The minimum atomic E-state index is -0.477. The van der Waals surface area contributed by atoms with Gasteiger partial charge in [-0.2, -0.15) is 0 Å². The number of rotatable bonds is 8. The Morgan fingerprint density at radius 2 is 2.07 bits per heavy atom. The number of fused-ring (bicyclic) bond motifs is 1. The number of allylic oxidation sites excluding steroid dienone is 2. The first kappa shape index (κ1) is 21.7. The lowest BCUT2D eigenvalue weighted by Crippen LogP contribution is -2.68. The fourth-order valence-corrected chi connectivity index (χ4v) is 4.79. The van der Waals surface area contributed by atoms with Crippen LogP contribution in [0, 0.1) is 11.8 Å². The van der Waals surface area contributed by atoms with Crippen LogP contribution in [0.3, 0.4) is 0 Å². The number of benzene rings is 1. The largest absolute Gasteiger partial charge is 0.380 e. The lowest BCUT2D eigenvalue weighted by Gasteiger charge is -2.52.